The molecule has 0 amide bonds. The molecule has 1 saturated heterocycles. The van der Waals surface area contributed by atoms with Crippen molar-refractivity contribution in [3.8, 4) is 11.5 Å². The Morgan fingerprint density at radius 3 is 2.33 bits per heavy atom. The number of para-hydroxylation sites is 1. The maximum Gasteiger partial charge on any atom is 0.178 e. The van der Waals surface area contributed by atoms with E-state index >= 15 is 0 Å². The lowest BCUT2D eigenvalue weighted by atomic mass is 10.1. The molecule has 0 spiro atoms. The molecule has 24 heavy (non-hydrogen) atoms. The third-order valence-electron chi connectivity index (χ3n) is 4.85. The summed E-state index contributed by atoms with van der Waals surface area (Å²) in [5.41, 5.74) is 1.33. The summed E-state index contributed by atoms with van der Waals surface area (Å²) in [4.78, 5) is 13.3. The first-order chi connectivity index (χ1) is 11.9. The number of hydrogen-bond donors (Lipinski definition) is 1. The average Bonchev–Trinajstić information content (AvgIpc) is 3.48. The molecule has 2 fully saturated rings. The minimum atomic E-state index is 0.703. The third-order valence-corrected chi connectivity index (χ3v) is 4.85. The number of benzene rings is 2. The highest BCUT2D eigenvalue weighted by molar-refractivity contribution is 5.27. The van der Waals surface area contributed by atoms with Crippen molar-refractivity contribution in [3.63, 3.8) is 0 Å². The largest absolute Gasteiger partial charge is 0.314 e. The third kappa shape index (κ3) is 3.89. The van der Waals surface area contributed by atoms with E-state index in [2.05, 4.69) is 22.3 Å². The summed E-state index contributed by atoms with van der Waals surface area (Å²) in [6.45, 7) is 4.38. The van der Waals surface area contributed by atoms with Gasteiger partial charge < -0.3 is 5.32 Å². The number of piperazine rings is 1. The number of nitrogens with zero attached hydrogens (tertiary/aromatic N) is 1. The molecule has 1 saturated carbocycles. The van der Waals surface area contributed by atoms with Crippen LogP contribution in [0.2, 0.25) is 0 Å². The van der Waals surface area contributed by atoms with Gasteiger partial charge in [0, 0.05) is 32.2 Å². The van der Waals surface area contributed by atoms with Crippen molar-refractivity contribution in [3.05, 3.63) is 60.2 Å². The predicted octanol–water partition coefficient (Wildman–Crippen LogP) is 3.24. The first kappa shape index (κ1) is 15.5. The fraction of sp³-hybridized carbons (Fsp3) is 0.400. The standard InChI is InChI=1S/C20H24N2O2/c1-2-4-18(5-3-1)23-24-19-10-6-16(7-11-19)15-22-13-12-21-14-20(22)17-8-9-17/h1-7,10-11,17,20-21H,8-9,12-15H2. The number of rotatable bonds is 6. The SMILES string of the molecule is c1ccc(OOc2ccc(CN3CCNCC3C3CC3)cc2)cc1. The fourth-order valence-electron chi connectivity index (χ4n) is 3.37. The summed E-state index contributed by atoms with van der Waals surface area (Å²) < 4.78 is 0. The molecule has 1 unspecified atom stereocenters. The van der Waals surface area contributed by atoms with Gasteiger partial charge in [0.2, 0.25) is 0 Å². The number of hydrogen-bond acceptors (Lipinski definition) is 4. The second-order valence-corrected chi connectivity index (χ2v) is 6.70. The van der Waals surface area contributed by atoms with Crippen LogP contribution in [0.4, 0.5) is 0 Å². The summed E-state index contributed by atoms with van der Waals surface area (Å²) >= 11 is 0. The molecule has 0 bridgehead atoms. The van der Waals surface area contributed by atoms with Gasteiger partial charge in [-0.25, -0.2) is 0 Å². The lowest BCUT2D eigenvalue weighted by Gasteiger charge is -2.36. The van der Waals surface area contributed by atoms with Crippen LogP contribution in [0.3, 0.4) is 0 Å². The molecule has 1 aliphatic carbocycles. The Hall–Kier alpha value is -2.04. The van der Waals surface area contributed by atoms with Crippen molar-refractivity contribution < 1.29 is 9.78 Å². The van der Waals surface area contributed by atoms with E-state index in [9.17, 15) is 0 Å². The Kier molecular flexibility index (Phi) is 4.67. The van der Waals surface area contributed by atoms with Crippen molar-refractivity contribution >= 4 is 0 Å². The molecule has 1 heterocycles. The predicted molar refractivity (Wildman–Crippen MR) is 93.9 cm³/mol. The molecule has 2 aliphatic rings. The molecule has 1 N–H and O–H groups in total. The van der Waals surface area contributed by atoms with Gasteiger partial charge in [-0.3, -0.25) is 14.7 Å². The van der Waals surface area contributed by atoms with E-state index in [0.29, 0.717) is 11.8 Å². The van der Waals surface area contributed by atoms with Gasteiger partial charge in [0.25, 0.3) is 0 Å². The first-order valence-corrected chi connectivity index (χ1v) is 8.82. The summed E-state index contributed by atoms with van der Waals surface area (Å²) in [7, 11) is 0. The molecule has 0 radical (unpaired) electrons. The van der Waals surface area contributed by atoms with Gasteiger partial charge in [-0.1, -0.05) is 30.3 Å². The molecule has 4 nitrogen and oxygen atoms in total. The van der Waals surface area contributed by atoms with Crippen molar-refractivity contribution in [2.75, 3.05) is 19.6 Å². The molecule has 1 atom stereocenters. The van der Waals surface area contributed by atoms with Crippen LogP contribution in [0, 0.1) is 5.92 Å². The summed E-state index contributed by atoms with van der Waals surface area (Å²) in [6.07, 6.45) is 2.79. The summed E-state index contributed by atoms with van der Waals surface area (Å²) in [6, 6.07) is 18.5. The molecule has 126 valence electrons. The molecular formula is C20H24N2O2. The molecule has 4 rings (SSSR count). The van der Waals surface area contributed by atoms with Crippen molar-refractivity contribution in [1.29, 1.82) is 0 Å². The average molecular weight is 324 g/mol. The normalized spacial score (nSPS) is 21.4. The zero-order valence-corrected chi connectivity index (χ0v) is 13.9. The van der Waals surface area contributed by atoms with Crippen molar-refractivity contribution in [2.24, 2.45) is 5.92 Å². The van der Waals surface area contributed by atoms with Crippen LogP contribution >= 0.6 is 0 Å². The van der Waals surface area contributed by atoms with Gasteiger partial charge in [0.05, 0.1) is 0 Å². The topological polar surface area (TPSA) is 33.7 Å². The Bertz CT molecular complexity index is 640. The second kappa shape index (κ2) is 7.24. The lowest BCUT2D eigenvalue weighted by molar-refractivity contribution is -0.0999. The molecule has 2 aromatic carbocycles. The highest BCUT2D eigenvalue weighted by atomic mass is 17.2. The van der Waals surface area contributed by atoms with Gasteiger partial charge in [-0.05, 0) is 48.6 Å². The van der Waals surface area contributed by atoms with Gasteiger partial charge in [-0.2, -0.15) is 0 Å². The van der Waals surface area contributed by atoms with E-state index in [0.717, 1.165) is 37.8 Å². The Morgan fingerprint density at radius 1 is 0.917 bits per heavy atom. The zero-order chi connectivity index (χ0) is 16.2. The number of nitrogens with one attached hydrogen (secondary N) is 1. The van der Waals surface area contributed by atoms with Crippen LogP contribution in [0.15, 0.2) is 54.6 Å². The van der Waals surface area contributed by atoms with Crippen LogP contribution < -0.4 is 15.1 Å². The Balaban J connectivity index is 1.33. The monoisotopic (exact) mass is 324 g/mol. The minimum absolute atomic E-state index is 0.703. The Labute approximate surface area is 143 Å². The van der Waals surface area contributed by atoms with Crippen LogP contribution in [-0.2, 0) is 6.54 Å². The summed E-state index contributed by atoms with van der Waals surface area (Å²) in [5.74, 6) is 2.33. The smallest absolute Gasteiger partial charge is 0.178 e. The van der Waals surface area contributed by atoms with Gasteiger partial charge >= 0.3 is 0 Å². The van der Waals surface area contributed by atoms with Gasteiger partial charge in [0.15, 0.2) is 11.5 Å². The van der Waals surface area contributed by atoms with Crippen LogP contribution in [-0.4, -0.2) is 30.6 Å². The molecule has 0 aromatic heterocycles. The summed E-state index contributed by atoms with van der Waals surface area (Å²) in [5, 5.41) is 3.54. The van der Waals surface area contributed by atoms with Crippen molar-refractivity contribution in [2.45, 2.75) is 25.4 Å². The van der Waals surface area contributed by atoms with Crippen LogP contribution in [0.5, 0.6) is 11.5 Å². The molecule has 4 heteroatoms. The molecule has 1 aliphatic heterocycles. The lowest BCUT2D eigenvalue weighted by Crippen LogP contribution is -2.51. The van der Waals surface area contributed by atoms with E-state index in [1.54, 1.807) is 0 Å². The van der Waals surface area contributed by atoms with Gasteiger partial charge in [0.1, 0.15) is 0 Å². The molecular weight excluding hydrogens is 300 g/mol. The van der Waals surface area contributed by atoms with E-state index in [-0.39, 0.29) is 0 Å². The van der Waals surface area contributed by atoms with E-state index in [1.165, 1.54) is 18.4 Å². The fourth-order valence-corrected chi connectivity index (χ4v) is 3.37. The van der Waals surface area contributed by atoms with E-state index < -0.39 is 0 Å². The van der Waals surface area contributed by atoms with E-state index in [1.807, 2.05) is 42.5 Å². The highest BCUT2D eigenvalue weighted by Crippen LogP contribution is 2.36. The maximum absolute atomic E-state index is 5.38. The second-order valence-electron chi connectivity index (χ2n) is 6.70. The van der Waals surface area contributed by atoms with Crippen LogP contribution in [0.1, 0.15) is 18.4 Å². The maximum atomic E-state index is 5.38. The van der Waals surface area contributed by atoms with Crippen LogP contribution in [0.25, 0.3) is 0 Å². The first-order valence-electron chi connectivity index (χ1n) is 8.82. The van der Waals surface area contributed by atoms with E-state index in [4.69, 9.17) is 9.78 Å². The quantitative estimate of drug-likeness (QED) is 0.653. The minimum Gasteiger partial charge on any atom is -0.314 e. The molecule has 2 aromatic rings. The Morgan fingerprint density at radius 2 is 1.62 bits per heavy atom. The highest BCUT2D eigenvalue weighted by Gasteiger charge is 2.36. The zero-order valence-electron chi connectivity index (χ0n) is 13.9. The van der Waals surface area contributed by atoms with Crippen molar-refractivity contribution in [1.82, 2.24) is 10.2 Å². The van der Waals surface area contributed by atoms with Gasteiger partial charge in [-0.15, -0.1) is 0 Å².